The number of ether oxygens (including phenoxy) is 1. The highest BCUT2D eigenvalue weighted by Gasteiger charge is 2.60. The quantitative estimate of drug-likeness (QED) is 0.606. The van der Waals surface area contributed by atoms with Crippen molar-refractivity contribution in [3.05, 3.63) is 0 Å². The highest BCUT2D eigenvalue weighted by atomic mass is 16.6. The van der Waals surface area contributed by atoms with Crippen molar-refractivity contribution in [3.63, 3.8) is 0 Å². The van der Waals surface area contributed by atoms with Gasteiger partial charge in [-0.05, 0) is 31.6 Å². The van der Waals surface area contributed by atoms with E-state index in [9.17, 15) is 5.11 Å². The first-order valence-electron chi connectivity index (χ1n) is 4.90. The smallest absolute Gasteiger partial charge is 0.113 e. The van der Waals surface area contributed by atoms with Crippen molar-refractivity contribution < 1.29 is 9.84 Å². The van der Waals surface area contributed by atoms with Crippen LogP contribution in [0.25, 0.3) is 0 Å². The van der Waals surface area contributed by atoms with Gasteiger partial charge in [-0.15, -0.1) is 0 Å². The van der Waals surface area contributed by atoms with Crippen LogP contribution < -0.4 is 0 Å². The molecule has 1 saturated heterocycles. The van der Waals surface area contributed by atoms with Crippen LogP contribution in [-0.2, 0) is 4.74 Å². The minimum Gasteiger partial charge on any atom is -0.390 e. The number of fused-ring (bicyclic) bond motifs is 1. The lowest BCUT2D eigenvalue weighted by Crippen LogP contribution is -2.38. The zero-order chi connectivity index (χ0) is 8.93. The Bertz CT molecular complexity index is 190. The van der Waals surface area contributed by atoms with Crippen LogP contribution in [0.5, 0.6) is 0 Å². The minimum absolute atomic E-state index is 0.0325. The SMILES string of the molecule is CC(C)[C@@H]1CC[C@]2(C)O[C@@H]2[C@@H]1O. The predicted molar refractivity (Wildman–Crippen MR) is 46.8 cm³/mol. The van der Waals surface area contributed by atoms with Gasteiger partial charge in [0.15, 0.2) is 0 Å². The molecule has 1 aliphatic carbocycles. The number of aliphatic hydroxyl groups is 1. The normalized spacial score (nSPS) is 52.2. The lowest BCUT2D eigenvalue weighted by atomic mass is 9.75. The van der Waals surface area contributed by atoms with Gasteiger partial charge < -0.3 is 9.84 Å². The summed E-state index contributed by atoms with van der Waals surface area (Å²) in [5.41, 5.74) is 0.0325. The van der Waals surface area contributed by atoms with Gasteiger partial charge in [0.05, 0.1) is 11.7 Å². The van der Waals surface area contributed by atoms with E-state index in [0.29, 0.717) is 11.8 Å². The second-order valence-corrected chi connectivity index (χ2v) is 4.79. The van der Waals surface area contributed by atoms with Crippen molar-refractivity contribution in [2.75, 3.05) is 0 Å². The van der Waals surface area contributed by atoms with E-state index in [1.54, 1.807) is 0 Å². The average molecular weight is 170 g/mol. The van der Waals surface area contributed by atoms with Crippen molar-refractivity contribution >= 4 is 0 Å². The molecule has 1 heterocycles. The number of rotatable bonds is 1. The van der Waals surface area contributed by atoms with Gasteiger partial charge in [0.1, 0.15) is 6.10 Å². The van der Waals surface area contributed by atoms with Crippen LogP contribution in [0.1, 0.15) is 33.6 Å². The monoisotopic (exact) mass is 170 g/mol. The molecule has 0 bridgehead atoms. The molecule has 2 aliphatic rings. The van der Waals surface area contributed by atoms with Crippen LogP contribution in [0.3, 0.4) is 0 Å². The third-order valence-electron chi connectivity index (χ3n) is 3.52. The molecule has 2 heteroatoms. The van der Waals surface area contributed by atoms with E-state index in [2.05, 4.69) is 20.8 Å². The first-order valence-corrected chi connectivity index (χ1v) is 4.90. The van der Waals surface area contributed by atoms with Crippen LogP contribution in [0.4, 0.5) is 0 Å². The van der Waals surface area contributed by atoms with Crippen molar-refractivity contribution in [3.8, 4) is 0 Å². The molecule has 0 aromatic rings. The molecule has 12 heavy (non-hydrogen) atoms. The Hall–Kier alpha value is -0.0800. The molecule has 1 saturated carbocycles. The lowest BCUT2D eigenvalue weighted by Gasteiger charge is -2.30. The molecule has 0 radical (unpaired) electrons. The summed E-state index contributed by atoms with van der Waals surface area (Å²) in [5, 5.41) is 9.89. The number of aliphatic hydroxyl groups excluding tert-OH is 1. The van der Waals surface area contributed by atoms with Crippen LogP contribution in [0.2, 0.25) is 0 Å². The Morgan fingerprint density at radius 3 is 2.75 bits per heavy atom. The Morgan fingerprint density at radius 1 is 1.50 bits per heavy atom. The molecular formula is C10H18O2. The Labute approximate surface area is 73.9 Å². The molecule has 2 fully saturated rings. The molecule has 70 valence electrons. The van der Waals surface area contributed by atoms with E-state index in [4.69, 9.17) is 4.74 Å². The molecule has 2 rings (SSSR count). The molecule has 0 aromatic carbocycles. The van der Waals surface area contributed by atoms with E-state index < -0.39 is 0 Å². The van der Waals surface area contributed by atoms with Gasteiger partial charge in [0, 0.05) is 0 Å². The van der Waals surface area contributed by atoms with Crippen LogP contribution in [0.15, 0.2) is 0 Å². The standard InChI is InChI=1S/C10H18O2/c1-6(2)7-4-5-10(3)9(12-10)8(7)11/h6-9,11H,4-5H2,1-3H3/t7-,8+,9+,10-/m0/s1. The molecule has 1 N–H and O–H groups in total. The van der Waals surface area contributed by atoms with Crippen LogP contribution >= 0.6 is 0 Å². The highest BCUT2D eigenvalue weighted by Crippen LogP contribution is 2.50. The highest BCUT2D eigenvalue weighted by molar-refractivity contribution is 5.08. The first-order chi connectivity index (χ1) is 5.54. The largest absolute Gasteiger partial charge is 0.390 e. The second-order valence-electron chi connectivity index (χ2n) is 4.79. The summed E-state index contributed by atoms with van der Waals surface area (Å²) in [6, 6.07) is 0. The van der Waals surface area contributed by atoms with Crippen molar-refractivity contribution in [1.29, 1.82) is 0 Å². The second kappa shape index (κ2) is 2.46. The van der Waals surface area contributed by atoms with Crippen LogP contribution in [-0.4, -0.2) is 22.9 Å². The van der Waals surface area contributed by atoms with Gasteiger partial charge in [-0.25, -0.2) is 0 Å². The lowest BCUT2D eigenvalue weighted by molar-refractivity contribution is 0.0442. The van der Waals surface area contributed by atoms with Gasteiger partial charge in [0.2, 0.25) is 0 Å². The Morgan fingerprint density at radius 2 is 2.17 bits per heavy atom. The fourth-order valence-electron chi connectivity index (χ4n) is 2.46. The van der Waals surface area contributed by atoms with Gasteiger partial charge in [-0.1, -0.05) is 13.8 Å². The van der Waals surface area contributed by atoms with E-state index in [-0.39, 0.29) is 17.8 Å². The van der Waals surface area contributed by atoms with E-state index in [1.165, 1.54) is 0 Å². The zero-order valence-electron chi connectivity index (χ0n) is 8.08. The summed E-state index contributed by atoms with van der Waals surface area (Å²) in [6.07, 6.45) is 2.16. The van der Waals surface area contributed by atoms with Crippen molar-refractivity contribution in [2.45, 2.75) is 51.4 Å². The third-order valence-corrected chi connectivity index (χ3v) is 3.52. The van der Waals surface area contributed by atoms with E-state index in [0.717, 1.165) is 12.8 Å². The topological polar surface area (TPSA) is 32.8 Å². The summed E-state index contributed by atoms with van der Waals surface area (Å²) in [6.45, 7) is 6.47. The number of hydrogen-bond donors (Lipinski definition) is 1. The zero-order valence-corrected chi connectivity index (χ0v) is 8.08. The Balaban J connectivity index is 2.04. The van der Waals surface area contributed by atoms with Gasteiger partial charge in [0.25, 0.3) is 0 Å². The summed E-state index contributed by atoms with van der Waals surface area (Å²) in [7, 11) is 0. The first kappa shape index (κ1) is 8.52. The predicted octanol–water partition coefficient (Wildman–Crippen LogP) is 1.57. The summed E-state index contributed by atoms with van der Waals surface area (Å²) in [4.78, 5) is 0. The van der Waals surface area contributed by atoms with Gasteiger partial charge in [-0.3, -0.25) is 0 Å². The number of hydrogen-bond acceptors (Lipinski definition) is 2. The summed E-state index contributed by atoms with van der Waals surface area (Å²) in [5.74, 6) is 1.03. The minimum atomic E-state index is -0.219. The molecule has 4 atom stereocenters. The maximum atomic E-state index is 9.89. The third kappa shape index (κ3) is 1.09. The number of epoxide rings is 1. The van der Waals surface area contributed by atoms with E-state index >= 15 is 0 Å². The van der Waals surface area contributed by atoms with Crippen molar-refractivity contribution in [1.82, 2.24) is 0 Å². The molecular weight excluding hydrogens is 152 g/mol. The molecule has 0 spiro atoms. The van der Waals surface area contributed by atoms with E-state index in [1.807, 2.05) is 0 Å². The average Bonchev–Trinajstić information content (AvgIpc) is 2.62. The van der Waals surface area contributed by atoms with Crippen LogP contribution in [0, 0.1) is 11.8 Å². The Kier molecular flexibility index (Phi) is 1.74. The maximum absolute atomic E-state index is 9.89. The summed E-state index contributed by atoms with van der Waals surface area (Å²) >= 11 is 0. The van der Waals surface area contributed by atoms with Gasteiger partial charge >= 0.3 is 0 Å². The molecule has 2 nitrogen and oxygen atoms in total. The molecule has 0 amide bonds. The van der Waals surface area contributed by atoms with Crippen molar-refractivity contribution in [2.24, 2.45) is 11.8 Å². The fourth-order valence-corrected chi connectivity index (χ4v) is 2.46. The molecule has 1 aliphatic heterocycles. The maximum Gasteiger partial charge on any atom is 0.113 e. The fraction of sp³-hybridized carbons (Fsp3) is 1.00. The summed E-state index contributed by atoms with van der Waals surface area (Å²) < 4.78 is 5.51. The molecule has 0 unspecified atom stereocenters. The molecule has 0 aromatic heterocycles. The van der Waals surface area contributed by atoms with Gasteiger partial charge in [-0.2, -0.15) is 0 Å².